The molecule has 0 amide bonds. The van der Waals surface area contributed by atoms with Gasteiger partial charge in [0.05, 0.1) is 35.6 Å². The Morgan fingerprint density at radius 1 is 0.511 bits per heavy atom. The molecule has 0 aliphatic heterocycles. The molecule has 1 N–H and O–H groups in total. The highest BCUT2D eigenvalue weighted by Gasteiger charge is 2.31. The zero-order valence-electron chi connectivity index (χ0n) is 51.4. The summed E-state index contributed by atoms with van der Waals surface area (Å²) in [5, 5.41) is 9.60. The van der Waals surface area contributed by atoms with Crippen molar-refractivity contribution in [3.8, 4) is 40.2 Å². The second kappa shape index (κ2) is 42.8. The molecule has 88 heavy (non-hydrogen) atoms. The first-order valence-electron chi connectivity index (χ1n) is 26.5. The van der Waals surface area contributed by atoms with Crippen molar-refractivity contribution >= 4 is 120 Å². The van der Waals surface area contributed by atoms with Crippen LogP contribution in [-0.2, 0) is 58.0 Å². The van der Waals surface area contributed by atoms with Gasteiger partial charge in [0.15, 0.2) is 24.1 Å². The smallest absolute Gasteiger partial charge is 0.333 e. The summed E-state index contributed by atoms with van der Waals surface area (Å²) in [6.07, 6.45) is -1.40. The number of carbonyl (C=O) groups excluding carboxylic acids is 5. The third-order valence-corrected chi connectivity index (χ3v) is 14.9. The normalized spacial score (nSPS) is 12.4. The summed E-state index contributed by atoms with van der Waals surface area (Å²) in [6.45, 7) is 39.9. The maximum Gasteiger partial charge on any atom is 0.333 e. The van der Waals surface area contributed by atoms with Crippen LogP contribution >= 0.6 is 90.4 Å². The molecule has 492 valence electrons. The second-order valence-corrected chi connectivity index (χ2v) is 23.5. The van der Waals surface area contributed by atoms with E-state index in [4.69, 9.17) is 56.8 Å². The molecule has 4 aromatic rings. The van der Waals surface area contributed by atoms with E-state index in [9.17, 15) is 29.1 Å². The highest BCUT2D eigenvalue weighted by Crippen LogP contribution is 2.39. The Bertz CT molecular complexity index is 2990. The number of halogens is 4. The van der Waals surface area contributed by atoms with E-state index in [-0.39, 0.29) is 46.6 Å². The molecule has 0 heterocycles. The van der Waals surface area contributed by atoms with Gasteiger partial charge in [0, 0.05) is 65.7 Å². The molecule has 0 radical (unpaired) electrons. The molecule has 6 unspecified atom stereocenters. The van der Waals surface area contributed by atoms with Gasteiger partial charge in [-0.05, 0) is 227 Å². The van der Waals surface area contributed by atoms with E-state index < -0.39 is 47.8 Å². The summed E-state index contributed by atoms with van der Waals surface area (Å²) in [5.74, 6) is 1.22. The van der Waals surface area contributed by atoms with Crippen LogP contribution in [0.4, 0.5) is 0 Å². The lowest BCUT2D eigenvalue weighted by Crippen LogP contribution is -2.29. The number of benzene rings is 4. The number of hydrogen-bond donors (Lipinski definition) is 1. The quantitative estimate of drug-likeness (QED) is 0.0163. The van der Waals surface area contributed by atoms with Gasteiger partial charge in [-0.2, -0.15) is 0 Å². The third kappa shape index (κ3) is 28.8. The lowest BCUT2D eigenvalue weighted by atomic mass is 9.93. The number of ether oxygens (including phenoxy) is 12. The van der Waals surface area contributed by atoms with Crippen LogP contribution in [0.2, 0.25) is 0 Å². The van der Waals surface area contributed by atoms with E-state index in [0.717, 1.165) is 29.6 Å². The van der Waals surface area contributed by atoms with Gasteiger partial charge in [-0.1, -0.05) is 61.6 Å². The first-order chi connectivity index (χ1) is 39.6. The zero-order valence-corrected chi connectivity index (χ0v) is 60.1. The minimum Gasteiger partial charge on any atom is -0.507 e. The zero-order chi connectivity index (χ0) is 65.2. The van der Waals surface area contributed by atoms with Crippen molar-refractivity contribution < 1.29 is 85.9 Å². The van der Waals surface area contributed by atoms with Crippen LogP contribution < -0.4 is 28.4 Å². The maximum absolute atomic E-state index is 11.9. The van der Waals surface area contributed by atoms with Gasteiger partial charge in [-0.25, -0.2) is 19.2 Å². The number of phenols is 1. The van der Waals surface area contributed by atoms with Crippen LogP contribution in [0.15, 0.2) is 103 Å². The predicted molar refractivity (Wildman–Crippen MR) is 379 cm³/mol. The minimum atomic E-state index is -0.694. The van der Waals surface area contributed by atoms with Crippen LogP contribution in [0.3, 0.4) is 0 Å². The van der Waals surface area contributed by atoms with Crippen LogP contribution in [0, 0.1) is 14.3 Å². The number of esters is 5. The molecule has 0 fully saturated rings. The fraction of sp³-hybridized carbons (Fsp3) is 0.439. The summed E-state index contributed by atoms with van der Waals surface area (Å²) in [7, 11) is 4.54. The van der Waals surface area contributed by atoms with Crippen molar-refractivity contribution in [1.82, 2.24) is 0 Å². The third-order valence-electron chi connectivity index (χ3n) is 11.6. The van der Waals surface area contributed by atoms with Crippen molar-refractivity contribution in [2.24, 2.45) is 0 Å². The highest BCUT2D eigenvalue weighted by atomic mass is 127. The first-order valence-corrected chi connectivity index (χ1v) is 30.8. The Kier molecular flexibility index (Phi) is 42.3. The molecule has 22 heteroatoms. The van der Waals surface area contributed by atoms with Gasteiger partial charge in [-0.3, -0.25) is 4.79 Å². The van der Waals surface area contributed by atoms with E-state index in [1.807, 2.05) is 111 Å². The Balaban J connectivity index is -0.00000109. The van der Waals surface area contributed by atoms with Gasteiger partial charge < -0.3 is 61.9 Å². The number of hydrogen-bond acceptors (Lipinski definition) is 18. The molecule has 6 atom stereocenters. The molecule has 4 rings (SSSR count). The fourth-order valence-electron chi connectivity index (χ4n) is 6.83. The lowest BCUT2D eigenvalue weighted by molar-refractivity contribution is -0.154. The van der Waals surface area contributed by atoms with E-state index in [1.54, 1.807) is 79.8 Å². The largest absolute Gasteiger partial charge is 0.507 e. The topological polar surface area (TPSA) is 216 Å². The number of aromatic hydroxyl groups is 1. The van der Waals surface area contributed by atoms with Crippen molar-refractivity contribution in [3.63, 3.8) is 0 Å². The predicted octanol–water partition coefficient (Wildman–Crippen LogP) is 17.5. The van der Waals surface area contributed by atoms with Crippen molar-refractivity contribution in [3.05, 3.63) is 140 Å². The van der Waals surface area contributed by atoms with Crippen LogP contribution in [0.25, 0.3) is 0 Å². The molecule has 0 aromatic heterocycles. The summed E-state index contributed by atoms with van der Waals surface area (Å²) in [6, 6.07) is 16.1. The van der Waals surface area contributed by atoms with Gasteiger partial charge >= 0.3 is 29.8 Å². The SMILES string of the molecule is C.C.C.C=C(C)C(=O)OC(C)(CC)c1ccc(OC(C)OCC)c(I)c1.C=C(C)C(=O)OC(C)c1cc(I)c(O)cc1OC.C=C(C)C(=O)OC(C)c1cc(I)c(OC(C)=O)c(OC)c1.C=C(C)C(=O)OC(C)c1cc(I)c(OC(C)OCC)cc1OC. The fourth-order valence-corrected chi connectivity index (χ4v) is 9.32. The summed E-state index contributed by atoms with van der Waals surface area (Å²) >= 11 is 8.41. The number of carbonyl (C=O) groups is 5. The lowest BCUT2D eigenvalue weighted by Gasteiger charge is -2.29. The summed E-state index contributed by atoms with van der Waals surface area (Å²) < 4.78 is 67.9. The monoisotopic (exact) mass is 1680 g/mol. The average Bonchev–Trinajstić information content (AvgIpc) is 3.43. The van der Waals surface area contributed by atoms with E-state index >= 15 is 0 Å². The molecule has 0 aliphatic rings. The molecule has 0 aliphatic carbocycles. The Morgan fingerprint density at radius 3 is 1.32 bits per heavy atom. The molecular formula is C66H92I4O18. The van der Waals surface area contributed by atoms with E-state index in [1.165, 1.54) is 27.2 Å². The van der Waals surface area contributed by atoms with Crippen molar-refractivity contribution in [2.45, 2.75) is 162 Å². The summed E-state index contributed by atoms with van der Waals surface area (Å²) in [5.41, 5.74) is 3.87. The molecule has 0 saturated carbocycles. The van der Waals surface area contributed by atoms with E-state index in [2.05, 4.69) is 71.5 Å². The molecule has 0 spiro atoms. The van der Waals surface area contributed by atoms with Gasteiger partial charge in [0.2, 0.25) is 0 Å². The summed E-state index contributed by atoms with van der Waals surface area (Å²) in [4.78, 5) is 57.7. The minimum absolute atomic E-state index is 0. The Hall–Kier alpha value is -5.17. The molecule has 4 aromatic carbocycles. The first kappa shape index (κ1) is 87.0. The number of methoxy groups -OCH3 is 3. The Labute approximate surface area is 577 Å². The Morgan fingerprint density at radius 2 is 0.920 bits per heavy atom. The second-order valence-electron chi connectivity index (χ2n) is 18.9. The molecular weight excluding hydrogens is 1590 g/mol. The van der Waals surface area contributed by atoms with Crippen molar-refractivity contribution in [1.29, 1.82) is 0 Å². The average molecular weight is 1680 g/mol. The molecule has 18 nitrogen and oxygen atoms in total. The van der Waals surface area contributed by atoms with Gasteiger partial charge in [-0.15, -0.1) is 0 Å². The standard InChI is InChI=1S/C18H25IO4.C17H23IO5.C15H17IO5.C13H15IO4.3CH4/c1-7-18(6,23-17(20)12(3)4)14-9-10-16(15(19)11-14)22-13(5)21-8-2;1-7-21-12(5)23-16-9-15(20-6)13(8-14(16)18)11(4)22-17(19)10(2)3;1-8(2)15(18)20-9(3)11-6-12(16)14(21-10(4)17)13(7-11)19-5;1-7(2)13(16)18-8(3)9-5-10(14)11(15)6-12(9)17-4;;;/h9-11,13H,3,7-8H2,1-2,4-6H3;8-9,11-12H,2,7H2,1,3-6H3;6-7,9H,1H2,2-5H3;5-6,8,15H,1H2,2-4H3;3*1H4. The van der Waals surface area contributed by atoms with Crippen LogP contribution in [0.1, 0.15) is 166 Å². The van der Waals surface area contributed by atoms with Crippen molar-refractivity contribution in [2.75, 3.05) is 34.5 Å². The number of phenolic OH excluding ortho intramolecular Hbond substituents is 1. The van der Waals surface area contributed by atoms with E-state index in [0.29, 0.717) is 83.4 Å². The van der Waals surface area contributed by atoms with Gasteiger partial charge in [0.1, 0.15) is 52.7 Å². The highest BCUT2D eigenvalue weighted by molar-refractivity contribution is 14.1. The number of rotatable bonds is 25. The van der Waals surface area contributed by atoms with Gasteiger partial charge in [0.25, 0.3) is 0 Å². The maximum atomic E-state index is 11.9. The van der Waals surface area contributed by atoms with Crippen LogP contribution in [0.5, 0.6) is 40.2 Å². The molecule has 0 bridgehead atoms. The molecule has 0 saturated heterocycles. The van der Waals surface area contributed by atoms with Crippen LogP contribution in [-0.4, -0.2) is 82.1 Å².